The number of para-hydroxylation sites is 1. The van der Waals surface area contributed by atoms with Gasteiger partial charge in [-0.25, -0.2) is 9.78 Å². The van der Waals surface area contributed by atoms with Crippen LogP contribution in [0.5, 0.6) is 0 Å². The summed E-state index contributed by atoms with van der Waals surface area (Å²) < 4.78 is 4.79. The van der Waals surface area contributed by atoms with Crippen LogP contribution in [0.25, 0.3) is 0 Å². The SMILES string of the molecule is COC(=O)c1ccccc1Nc1nccc(N2CCN(C=O)CC2)n1. The Morgan fingerprint density at radius 3 is 2.68 bits per heavy atom. The number of hydrogen-bond acceptors (Lipinski definition) is 7. The fourth-order valence-corrected chi connectivity index (χ4v) is 2.64. The monoisotopic (exact) mass is 341 g/mol. The molecular formula is C17H19N5O3. The first-order valence-corrected chi connectivity index (χ1v) is 7.93. The van der Waals surface area contributed by atoms with E-state index in [2.05, 4.69) is 20.2 Å². The zero-order chi connectivity index (χ0) is 17.6. The Kier molecular flexibility index (Phi) is 5.08. The van der Waals surface area contributed by atoms with Crippen molar-refractivity contribution in [1.29, 1.82) is 0 Å². The van der Waals surface area contributed by atoms with E-state index in [-0.39, 0.29) is 0 Å². The summed E-state index contributed by atoms with van der Waals surface area (Å²) >= 11 is 0. The molecule has 1 saturated heterocycles. The molecule has 130 valence electrons. The first-order valence-electron chi connectivity index (χ1n) is 7.93. The normalized spacial score (nSPS) is 14.1. The summed E-state index contributed by atoms with van der Waals surface area (Å²) in [6, 6.07) is 8.86. The summed E-state index contributed by atoms with van der Waals surface area (Å²) in [6.07, 6.45) is 2.53. The molecule has 8 heteroatoms. The van der Waals surface area contributed by atoms with Gasteiger partial charge in [-0.2, -0.15) is 4.98 Å². The molecule has 1 aromatic heterocycles. The molecule has 0 atom stereocenters. The fourth-order valence-electron chi connectivity index (χ4n) is 2.64. The van der Waals surface area contributed by atoms with Gasteiger partial charge >= 0.3 is 5.97 Å². The minimum absolute atomic E-state index is 0.395. The molecule has 1 fully saturated rings. The van der Waals surface area contributed by atoms with Gasteiger partial charge in [0.25, 0.3) is 0 Å². The van der Waals surface area contributed by atoms with Gasteiger partial charge in [-0.15, -0.1) is 0 Å². The topological polar surface area (TPSA) is 87.7 Å². The van der Waals surface area contributed by atoms with Crippen molar-refractivity contribution in [3.8, 4) is 0 Å². The summed E-state index contributed by atoms with van der Waals surface area (Å²) in [5.41, 5.74) is 0.996. The second kappa shape index (κ2) is 7.61. The highest BCUT2D eigenvalue weighted by atomic mass is 16.5. The summed E-state index contributed by atoms with van der Waals surface area (Å²) in [5.74, 6) is 0.745. The van der Waals surface area contributed by atoms with Crippen LogP contribution in [0.15, 0.2) is 36.5 Å². The highest BCUT2D eigenvalue weighted by Crippen LogP contribution is 2.21. The molecule has 0 aliphatic carbocycles. The number of piperazine rings is 1. The van der Waals surface area contributed by atoms with E-state index in [1.54, 1.807) is 29.3 Å². The van der Waals surface area contributed by atoms with Crippen LogP contribution in [0, 0.1) is 0 Å². The standard InChI is InChI=1S/C17H19N5O3/c1-25-16(24)13-4-2-3-5-14(13)19-17-18-7-6-15(20-17)22-10-8-21(12-23)9-11-22/h2-7,12H,8-11H2,1H3,(H,18,19,20). The van der Waals surface area contributed by atoms with Gasteiger partial charge in [0.05, 0.1) is 18.4 Å². The first-order chi connectivity index (χ1) is 12.2. The molecule has 1 aromatic carbocycles. The number of amides is 1. The molecule has 1 aliphatic heterocycles. The number of anilines is 3. The predicted octanol–water partition coefficient (Wildman–Crippen LogP) is 1.29. The lowest BCUT2D eigenvalue weighted by Gasteiger charge is -2.33. The van der Waals surface area contributed by atoms with E-state index >= 15 is 0 Å². The number of aromatic nitrogens is 2. The van der Waals surface area contributed by atoms with Gasteiger partial charge in [-0.3, -0.25) is 4.79 Å². The number of carbonyl (C=O) groups excluding carboxylic acids is 2. The number of carbonyl (C=O) groups is 2. The third-order valence-electron chi connectivity index (χ3n) is 4.01. The summed E-state index contributed by atoms with van der Waals surface area (Å²) in [6.45, 7) is 2.77. The molecular weight excluding hydrogens is 322 g/mol. The maximum atomic E-state index is 11.9. The van der Waals surface area contributed by atoms with Gasteiger partial charge in [0.15, 0.2) is 0 Å². The average molecular weight is 341 g/mol. The molecule has 2 heterocycles. The van der Waals surface area contributed by atoms with Crippen LogP contribution < -0.4 is 10.2 Å². The van der Waals surface area contributed by atoms with Crippen LogP contribution >= 0.6 is 0 Å². The first kappa shape index (κ1) is 16.7. The number of hydrogen-bond donors (Lipinski definition) is 1. The Morgan fingerprint density at radius 1 is 1.20 bits per heavy atom. The van der Waals surface area contributed by atoms with Crippen LogP contribution in [-0.2, 0) is 9.53 Å². The lowest BCUT2D eigenvalue weighted by Crippen LogP contribution is -2.46. The van der Waals surface area contributed by atoms with Crippen molar-refractivity contribution in [1.82, 2.24) is 14.9 Å². The Hall–Kier alpha value is -3.16. The molecule has 2 aromatic rings. The molecule has 25 heavy (non-hydrogen) atoms. The maximum Gasteiger partial charge on any atom is 0.339 e. The highest BCUT2D eigenvalue weighted by molar-refractivity contribution is 5.96. The molecule has 0 saturated carbocycles. The van der Waals surface area contributed by atoms with Gasteiger partial charge < -0.3 is 19.9 Å². The molecule has 1 amide bonds. The molecule has 1 N–H and O–H groups in total. The molecule has 3 rings (SSSR count). The smallest absolute Gasteiger partial charge is 0.339 e. The lowest BCUT2D eigenvalue weighted by molar-refractivity contribution is -0.118. The molecule has 0 unspecified atom stereocenters. The number of benzene rings is 1. The van der Waals surface area contributed by atoms with Crippen molar-refractivity contribution in [3.05, 3.63) is 42.1 Å². The van der Waals surface area contributed by atoms with E-state index < -0.39 is 5.97 Å². The van der Waals surface area contributed by atoms with Gasteiger partial charge in [0, 0.05) is 32.4 Å². The largest absolute Gasteiger partial charge is 0.465 e. The zero-order valence-electron chi connectivity index (χ0n) is 13.9. The zero-order valence-corrected chi connectivity index (χ0v) is 13.9. The molecule has 8 nitrogen and oxygen atoms in total. The Morgan fingerprint density at radius 2 is 1.96 bits per heavy atom. The number of esters is 1. The number of nitrogens with one attached hydrogen (secondary N) is 1. The van der Waals surface area contributed by atoms with E-state index in [4.69, 9.17) is 4.74 Å². The Balaban J connectivity index is 1.77. The average Bonchev–Trinajstić information content (AvgIpc) is 2.68. The third-order valence-corrected chi connectivity index (χ3v) is 4.01. The lowest BCUT2D eigenvalue weighted by atomic mass is 10.2. The number of methoxy groups -OCH3 is 1. The van der Waals surface area contributed by atoms with Crippen molar-refractivity contribution in [2.24, 2.45) is 0 Å². The predicted molar refractivity (Wildman–Crippen MR) is 92.9 cm³/mol. The van der Waals surface area contributed by atoms with Crippen molar-refractivity contribution in [2.45, 2.75) is 0 Å². The van der Waals surface area contributed by atoms with Crippen LogP contribution in [0.4, 0.5) is 17.5 Å². The molecule has 0 spiro atoms. The molecule has 1 aliphatic rings. The summed E-state index contributed by atoms with van der Waals surface area (Å²) in [5, 5.41) is 3.07. The van der Waals surface area contributed by atoms with E-state index in [0.717, 1.165) is 12.2 Å². The van der Waals surface area contributed by atoms with Gasteiger partial charge in [0.2, 0.25) is 12.4 Å². The van der Waals surface area contributed by atoms with Gasteiger partial charge in [-0.1, -0.05) is 12.1 Å². The Labute approximate surface area is 145 Å². The second-order valence-corrected chi connectivity index (χ2v) is 5.53. The molecule has 0 radical (unpaired) electrons. The van der Waals surface area contributed by atoms with Gasteiger partial charge in [-0.05, 0) is 18.2 Å². The van der Waals surface area contributed by atoms with Crippen molar-refractivity contribution < 1.29 is 14.3 Å². The minimum atomic E-state index is -0.427. The second-order valence-electron chi connectivity index (χ2n) is 5.53. The van der Waals surface area contributed by atoms with Crippen LogP contribution in [0.3, 0.4) is 0 Å². The Bertz CT molecular complexity index is 759. The maximum absolute atomic E-state index is 11.9. The van der Waals surface area contributed by atoms with Crippen LogP contribution in [-0.4, -0.2) is 60.5 Å². The highest BCUT2D eigenvalue weighted by Gasteiger charge is 2.17. The fraction of sp³-hybridized carbons (Fsp3) is 0.294. The van der Waals surface area contributed by atoms with Crippen LogP contribution in [0.2, 0.25) is 0 Å². The van der Waals surface area contributed by atoms with Crippen molar-refractivity contribution in [2.75, 3.05) is 43.5 Å². The number of rotatable bonds is 5. The number of ether oxygens (including phenoxy) is 1. The summed E-state index contributed by atoms with van der Waals surface area (Å²) in [4.78, 5) is 35.2. The van der Waals surface area contributed by atoms with E-state index in [1.807, 2.05) is 12.1 Å². The third kappa shape index (κ3) is 3.85. The van der Waals surface area contributed by atoms with Crippen LogP contribution in [0.1, 0.15) is 10.4 Å². The quantitative estimate of drug-likeness (QED) is 0.647. The summed E-state index contributed by atoms with van der Waals surface area (Å²) in [7, 11) is 1.34. The van der Waals surface area contributed by atoms with E-state index in [1.165, 1.54) is 7.11 Å². The van der Waals surface area contributed by atoms with Crippen molar-refractivity contribution >= 4 is 29.8 Å². The van der Waals surface area contributed by atoms with Gasteiger partial charge in [0.1, 0.15) is 5.82 Å². The van der Waals surface area contributed by atoms with E-state index in [9.17, 15) is 9.59 Å². The molecule has 0 bridgehead atoms. The van der Waals surface area contributed by atoms with Crippen molar-refractivity contribution in [3.63, 3.8) is 0 Å². The van der Waals surface area contributed by atoms with E-state index in [0.29, 0.717) is 43.4 Å². The number of nitrogens with zero attached hydrogens (tertiary/aromatic N) is 4. The minimum Gasteiger partial charge on any atom is -0.465 e.